The predicted molar refractivity (Wildman–Crippen MR) is 124 cm³/mol. The second-order valence-corrected chi connectivity index (χ2v) is 7.79. The fourth-order valence-corrected chi connectivity index (χ4v) is 3.86. The van der Waals surface area contributed by atoms with Gasteiger partial charge in [0.25, 0.3) is 5.91 Å². The Morgan fingerprint density at radius 1 is 1.16 bits per heavy atom. The molecule has 1 aliphatic rings. The number of hydrogen-bond acceptors (Lipinski definition) is 7. The second kappa shape index (κ2) is 10.9. The summed E-state index contributed by atoms with van der Waals surface area (Å²) in [6.45, 7) is 4.05. The molecule has 1 heterocycles. The van der Waals surface area contributed by atoms with Gasteiger partial charge in [-0.3, -0.25) is 4.79 Å². The lowest BCUT2D eigenvalue weighted by atomic mass is 10.2. The van der Waals surface area contributed by atoms with Crippen LogP contribution < -0.4 is 19.5 Å². The van der Waals surface area contributed by atoms with Gasteiger partial charge in [-0.2, -0.15) is 0 Å². The van der Waals surface area contributed by atoms with E-state index in [1.807, 2.05) is 19.1 Å². The van der Waals surface area contributed by atoms with Crippen LogP contribution in [0, 0.1) is 0 Å². The predicted octanol–water partition coefficient (Wildman–Crippen LogP) is 4.49. The largest absolute Gasteiger partial charge is 0.494 e. The number of halogens is 1. The first-order valence-electron chi connectivity index (χ1n) is 9.73. The third-order valence-electron chi connectivity index (χ3n) is 4.00. The minimum Gasteiger partial charge on any atom is -0.494 e. The molecule has 0 atom stereocenters. The van der Waals surface area contributed by atoms with Crippen molar-refractivity contribution in [2.75, 3.05) is 19.8 Å². The lowest BCUT2D eigenvalue weighted by Crippen LogP contribution is -2.19. The zero-order valence-electron chi connectivity index (χ0n) is 17.4. The van der Waals surface area contributed by atoms with E-state index >= 15 is 0 Å². The third-order valence-corrected chi connectivity index (χ3v) is 5.19. The number of benzene rings is 2. The molecule has 1 aliphatic heterocycles. The van der Waals surface area contributed by atoms with Crippen LogP contribution in [0.2, 0.25) is 5.02 Å². The van der Waals surface area contributed by atoms with Crippen LogP contribution in [0.4, 0.5) is 5.69 Å². The third kappa shape index (κ3) is 6.18. The molecule has 10 heteroatoms. The monoisotopic (exact) mass is 476 g/mol. The molecule has 32 heavy (non-hydrogen) atoms. The highest BCUT2D eigenvalue weighted by atomic mass is 35.5. The topological polar surface area (TPSA) is 106 Å². The molecule has 8 nitrogen and oxygen atoms in total. The number of nitrogens with zero attached hydrogens (tertiary/aromatic N) is 1. The Bertz CT molecular complexity index is 1070. The Kier molecular flexibility index (Phi) is 8.02. The van der Waals surface area contributed by atoms with Gasteiger partial charge in [-0.05, 0) is 73.6 Å². The summed E-state index contributed by atoms with van der Waals surface area (Å²) in [4.78, 5) is 28.1. The number of aliphatic imine (C=N–C) groups is 1. The zero-order valence-corrected chi connectivity index (χ0v) is 19.0. The molecule has 2 N–H and O–H groups in total. The fraction of sp³-hybridized carbons (Fsp3) is 0.227. The maximum absolute atomic E-state index is 12.4. The highest BCUT2D eigenvalue weighted by Crippen LogP contribution is 2.38. The quantitative estimate of drug-likeness (QED) is 0.513. The molecule has 1 fully saturated rings. The number of carboxylic acids is 1. The van der Waals surface area contributed by atoms with E-state index in [4.69, 9.17) is 30.9 Å². The fourth-order valence-electron chi connectivity index (χ4n) is 2.74. The number of aliphatic carboxylic acids is 1. The van der Waals surface area contributed by atoms with Crippen molar-refractivity contribution < 1.29 is 28.9 Å². The van der Waals surface area contributed by atoms with Gasteiger partial charge < -0.3 is 24.6 Å². The SMILES string of the molecule is CCOc1ccc(N=C2NC(=O)/C(=C\c3cc(Cl)c(OCC(=O)O)c(OCC)c3)S2)cc1. The van der Waals surface area contributed by atoms with E-state index in [1.54, 1.807) is 37.3 Å². The first-order chi connectivity index (χ1) is 15.4. The summed E-state index contributed by atoms with van der Waals surface area (Å²) in [6.07, 6.45) is 1.65. The molecule has 0 bridgehead atoms. The summed E-state index contributed by atoms with van der Waals surface area (Å²) in [7, 11) is 0. The standard InChI is InChI=1S/C22H21ClN2O6S/c1-3-29-15-7-5-14(6-8-15)24-22-25-21(28)18(32-22)11-13-9-16(23)20(31-12-19(26)27)17(10-13)30-4-2/h5-11H,3-4,12H2,1-2H3,(H,26,27)(H,24,25,28)/b18-11+. The molecule has 1 amide bonds. The average Bonchev–Trinajstić information content (AvgIpc) is 3.07. The van der Waals surface area contributed by atoms with E-state index in [1.165, 1.54) is 11.8 Å². The van der Waals surface area contributed by atoms with Crippen molar-refractivity contribution >= 4 is 52.2 Å². The van der Waals surface area contributed by atoms with Crippen LogP contribution in [0.15, 0.2) is 46.3 Å². The summed E-state index contributed by atoms with van der Waals surface area (Å²) in [5.41, 5.74) is 1.28. The molecule has 3 rings (SSSR count). The van der Waals surface area contributed by atoms with Gasteiger partial charge in [-0.1, -0.05) is 11.6 Å². The first kappa shape index (κ1) is 23.5. The van der Waals surface area contributed by atoms with Gasteiger partial charge in [-0.15, -0.1) is 0 Å². The van der Waals surface area contributed by atoms with Gasteiger partial charge >= 0.3 is 5.97 Å². The smallest absolute Gasteiger partial charge is 0.341 e. The molecular weight excluding hydrogens is 456 g/mol. The number of nitrogens with one attached hydrogen (secondary N) is 1. The molecule has 0 spiro atoms. The van der Waals surface area contributed by atoms with Gasteiger partial charge in [0, 0.05) is 0 Å². The average molecular weight is 477 g/mol. The van der Waals surface area contributed by atoms with Crippen LogP contribution in [0.5, 0.6) is 17.2 Å². The van der Waals surface area contributed by atoms with Gasteiger partial charge in [0.15, 0.2) is 23.3 Å². The lowest BCUT2D eigenvalue weighted by molar-refractivity contribution is -0.139. The lowest BCUT2D eigenvalue weighted by Gasteiger charge is -2.13. The molecule has 0 unspecified atom stereocenters. The molecule has 2 aromatic carbocycles. The minimum absolute atomic E-state index is 0.138. The molecule has 0 aliphatic carbocycles. The number of amidine groups is 1. The van der Waals surface area contributed by atoms with E-state index in [2.05, 4.69) is 10.3 Å². The number of thioether (sulfide) groups is 1. The van der Waals surface area contributed by atoms with Crippen LogP contribution >= 0.6 is 23.4 Å². The van der Waals surface area contributed by atoms with Crippen molar-refractivity contribution in [1.82, 2.24) is 5.32 Å². The number of ether oxygens (including phenoxy) is 3. The number of carbonyl (C=O) groups is 2. The Hall–Kier alpha value is -3.17. The van der Waals surface area contributed by atoms with Crippen molar-refractivity contribution in [2.24, 2.45) is 4.99 Å². The summed E-state index contributed by atoms with van der Waals surface area (Å²) in [5.74, 6) is -0.245. The van der Waals surface area contributed by atoms with Crippen molar-refractivity contribution in [1.29, 1.82) is 0 Å². The Balaban J connectivity index is 1.81. The van der Waals surface area contributed by atoms with Crippen molar-refractivity contribution in [3.63, 3.8) is 0 Å². The van der Waals surface area contributed by atoms with E-state index < -0.39 is 12.6 Å². The van der Waals surface area contributed by atoms with E-state index in [9.17, 15) is 9.59 Å². The highest BCUT2D eigenvalue weighted by Gasteiger charge is 2.24. The van der Waals surface area contributed by atoms with Gasteiger partial charge in [0.1, 0.15) is 5.75 Å². The number of rotatable bonds is 9. The van der Waals surface area contributed by atoms with E-state index in [-0.39, 0.29) is 16.7 Å². The van der Waals surface area contributed by atoms with Gasteiger partial charge in [-0.25, -0.2) is 9.79 Å². The summed E-state index contributed by atoms with van der Waals surface area (Å²) in [5, 5.41) is 12.2. The maximum atomic E-state index is 12.4. The molecule has 2 aromatic rings. The number of amides is 1. The number of carbonyl (C=O) groups excluding carboxylic acids is 1. The summed E-state index contributed by atoms with van der Waals surface area (Å²) in [6, 6.07) is 10.4. The molecule has 1 saturated heterocycles. The minimum atomic E-state index is -1.13. The van der Waals surface area contributed by atoms with Crippen molar-refractivity contribution in [3.8, 4) is 17.2 Å². The summed E-state index contributed by atoms with van der Waals surface area (Å²) >= 11 is 7.47. The molecular formula is C22H21ClN2O6S. The Labute approximate surface area is 194 Å². The van der Waals surface area contributed by atoms with Gasteiger partial charge in [0.05, 0.1) is 28.8 Å². The van der Waals surface area contributed by atoms with Gasteiger partial charge in [0.2, 0.25) is 0 Å². The number of hydrogen-bond donors (Lipinski definition) is 2. The summed E-state index contributed by atoms with van der Waals surface area (Å²) < 4.78 is 16.2. The van der Waals surface area contributed by atoms with Crippen LogP contribution in [-0.4, -0.2) is 42.0 Å². The highest BCUT2D eigenvalue weighted by molar-refractivity contribution is 8.18. The van der Waals surface area contributed by atoms with Crippen LogP contribution in [-0.2, 0) is 9.59 Å². The Morgan fingerprint density at radius 3 is 2.53 bits per heavy atom. The van der Waals surface area contributed by atoms with E-state index in [0.29, 0.717) is 40.3 Å². The van der Waals surface area contributed by atoms with Crippen LogP contribution in [0.25, 0.3) is 6.08 Å². The van der Waals surface area contributed by atoms with E-state index in [0.717, 1.165) is 5.75 Å². The van der Waals surface area contributed by atoms with Crippen molar-refractivity contribution in [3.05, 3.63) is 51.9 Å². The normalized spacial score (nSPS) is 15.7. The number of carboxylic acid groups (broad SMARTS) is 1. The van der Waals surface area contributed by atoms with Crippen LogP contribution in [0.3, 0.4) is 0 Å². The molecule has 0 saturated carbocycles. The first-order valence-corrected chi connectivity index (χ1v) is 10.9. The molecule has 0 aromatic heterocycles. The second-order valence-electron chi connectivity index (χ2n) is 6.35. The zero-order chi connectivity index (χ0) is 23.1. The maximum Gasteiger partial charge on any atom is 0.341 e. The Morgan fingerprint density at radius 2 is 1.88 bits per heavy atom. The molecule has 168 valence electrons. The van der Waals surface area contributed by atoms with Crippen LogP contribution in [0.1, 0.15) is 19.4 Å². The molecule has 0 radical (unpaired) electrons. The van der Waals surface area contributed by atoms with Crippen molar-refractivity contribution in [2.45, 2.75) is 13.8 Å².